The van der Waals surface area contributed by atoms with Gasteiger partial charge in [0.15, 0.2) is 0 Å². The van der Waals surface area contributed by atoms with Gasteiger partial charge >= 0.3 is 0 Å². The standard InChI is InChI=1S/C17H28FNO/c1-14-9-10-15(18)13-16(14)20-12-8-6-5-7-11-19-17(2,3)4/h9-10,13,19H,5-8,11-12H2,1-4H3. The zero-order valence-corrected chi connectivity index (χ0v) is 13.3. The van der Waals surface area contributed by atoms with Gasteiger partial charge in [0.05, 0.1) is 6.61 Å². The molecule has 0 saturated heterocycles. The van der Waals surface area contributed by atoms with Crippen molar-refractivity contribution in [3.05, 3.63) is 29.6 Å². The van der Waals surface area contributed by atoms with Gasteiger partial charge in [-0.15, -0.1) is 0 Å². The molecule has 1 aromatic carbocycles. The van der Waals surface area contributed by atoms with Crippen LogP contribution in [-0.2, 0) is 0 Å². The fourth-order valence-electron chi connectivity index (χ4n) is 1.96. The molecule has 0 spiro atoms. The molecule has 0 bridgehead atoms. The average Bonchev–Trinajstić information content (AvgIpc) is 2.35. The molecule has 0 fully saturated rings. The minimum Gasteiger partial charge on any atom is -0.493 e. The number of hydrogen-bond acceptors (Lipinski definition) is 2. The van der Waals surface area contributed by atoms with Crippen molar-refractivity contribution < 1.29 is 9.13 Å². The Hall–Kier alpha value is -1.09. The highest BCUT2D eigenvalue weighted by molar-refractivity contribution is 5.32. The third kappa shape index (κ3) is 7.49. The summed E-state index contributed by atoms with van der Waals surface area (Å²) in [5.74, 6) is 0.429. The van der Waals surface area contributed by atoms with E-state index in [1.54, 1.807) is 6.07 Å². The summed E-state index contributed by atoms with van der Waals surface area (Å²) in [4.78, 5) is 0. The number of nitrogens with one attached hydrogen (secondary N) is 1. The van der Waals surface area contributed by atoms with Crippen LogP contribution in [0.25, 0.3) is 0 Å². The second-order valence-corrected chi connectivity index (χ2v) is 6.35. The first-order chi connectivity index (χ1) is 9.38. The van der Waals surface area contributed by atoms with Crippen LogP contribution in [0.2, 0.25) is 0 Å². The van der Waals surface area contributed by atoms with Gasteiger partial charge in [0.2, 0.25) is 0 Å². The molecule has 20 heavy (non-hydrogen) atoms. The summed E-state index contributed by atoms with van der Waals surface area (Å²) in [6.45, 7) is 10.2. The third-order valence-corrected chi connectivity index (χ3v) is 3.13. The van der Waals surface area contributed by atoms with E-state index < -0.39 is 0 Å². The number of halogens is 1. The van der Waals surface area contributed by atoms with Crippen LogP contribution in [-0.4, -0.2) is 18.7 Å². The molecule has 0 amide bonds. The summed E-state index contributed by atoms with van der Waals surface area (Å²) in [7, 11) is 0. The molecule has 2 nitrogen and oxygen atoms in total. The minimum absolute atomic E-state index is 0.206. The number of aryl methyl sites for hydroxylation is 1. The van der Waals surface area contributed by atoms with E-state index >= 15 is 0 Å². The van der Waals surface area contributed by atoms with E-state index in [1.165, 1.54) is 25.0 Å². The first-order valence-corrected chi connectivity index (χ1v) is 7.52. The largest absolute Gasteiger partial charge is 0.493 e. The Morgan fingerprint density at radius 3 is 2.50 bits per heavy atom. The molecule has 0 saturated carbocycles. The van der Waals surface area contributed by atoms with Gasteiger partial charge in [-0.05, 0) is 58.7 Å². The van der Waals surface area contributed by atoms with E-state index in [1.807, 2.05) is 6.92 Å². The van der Waals surface area contributed by atoms with Crippen LogP contribution >= 0.6 is 0 Å². The quantitative estimate of drug-likeness (QED) is 0.710. The molecule has 0 aliphatic heterocycles. The zero-order valence-electron chi connectivity index (χ0n) is 13.3. The van der Waals surface area contributed by atoms with Crippen LogP contribution in [0.4, 0.5) is 4.39 Å². The van der Waals surface area contributed by atoms with Gasteiger partial charge in [0.25, 0.3) is 0 Å². The van der Waals surface area contributed by atoms with Crippen molar-refractivity contribution in [1.29, 1.82) is 0 Å². The molecule has 1 aromatic rings. The Labute approximate surface area is 122 Å². The predicted octanol–water partition coefficient (Wildman–Crippen LogP) is 4.46. The van der Waals surface area contributed by atoms with Crippen molar-refractivity contribution in [2.75, 3.05) is 13.2 Å². The lowest BCUT2D eigenvalue weighted by molar-refractivity contribution is 0.300. The van der Waals surface area contributed by atoms with Crippen LogP contribution in [0.3, 0.4) is 0 Å². The molecule has 0 atom stereocenters. The monoisotopic (exact) mass is 281 g/mol. The van der Waals surface area contributed by atoms with Crippen LogP contribution in [0, 0.1) is 12.7 Å². The topological polar surface area (TPSA) is 21.3 Å². The fraction of sp³-hybridized carbons (Fsp3) is 0.647. The molecule has 0 aromatic heterocycles. The van der Waals surface area contributed by atoms with Crippen molar-refractivity contribution in [1.82, 2.24) is 5.32 Å². The van der Waals surface area contributed by atoms with Crippen LogP contribution in [0.1, 0.15) is 52.0 Å². The highest BCUT2D eigenvalue weighted by Crippen LogP contribution is 2.19. The first-order valence-electron chi connectivity index (χ1n) is 7.52. The van der Waals surface area contributed by atoms with E-state index in [4.69, 9.17) is 4.74 Å². The Bertz CT molecular complexity index is 398. The highest BCUT2D eigenvalue weighted by atomic mass is 19.1. The molecule has 0 radical (unpaired) electrons. The van der Waals surface area contributed by atoms with E-state index in [0.717, 1.165) is 24.9 Å². The number of unbranched alkanes of at least 4 members (excludes halogenated alkanes) is 3. The molecule has 0 heterocycles. The minimum atomic E-state index is -0.237. The van der Waals surface area contributed by atoms with Gasteiger partial charge in [-0.3, -0.25) is 0 Å². The normalized spacial score (nSPS) is 11.7. The Morgan fingerprint density at radius 1 is 1.10 bits per heavy atom. The van der Waals surface area contributed by atoms with Crippen LogP contribution in [0.15, 0.2) is 18.2 Å². The Kier molecular flexibility index (Phi) is 7.00. The molecular formula is C17H28FNO. The summed E-state index contributed by atoms with van der Waals surface area (Å²) >= 11 is 0. The van der Waals surface area contributed by atoms with Crippen molar-refractivity contribution in [3.8, 4) is 5.75 Å². The highest BCUT2D eigenvalue weighted by Gasteiger charge is 2.06. The van der Waals surface area contributed by atoms with Gasteiger partial charge in [0, 0.05) is 11.6 Å². The number of ether oxygens (including phenoxy) is 1. The van der Waals surface area contributed by atoms with Crippen molar-refractivity contribution in [3.63, 3.8) is 0 Å². The second-order valence-electron chi connectivity index (χ2n) is 6.35. The van der Waals surface area contributed by atoms with Gasteiger partial charge in [0.1, 0.15) is 11.6 Å². The summed E-state index contributed by atoms with van der Waals surface area (Å²) in [5, 5.41) is 3.48. The maximum Gasteiger partial charge on any atom is 0.126 e. The number of rotatable bonds is 8. The zero-order chi connectivity index (χ0) is 15.0. The van der Waals surface area contributed by atoms with E-state index in [2.05, 4.69) is 26.1 Å². The summed E-state index contributed by atoms with van der Waals surface area (Å²) in [6.07, 6.45) is 4.57. The molecular weight excluding hydrogens is 253 g/mol. The molecule has 114 valence electrons. The smallest absolute Gasteiger partial charge is 0.126 e. The Morgan fingerprint density at radius 2 is 1.80 bits per heavy atom. The molecule has 0 aliphatic rings. The molecule has 1 rings (SSSR count). The lowest BCUT2D eigenvalue weighted by Gasteiger charge is -2.20. The SMILES string of the molecule is Cc1ccc(F)cc1OCCCCCCNC(C)(C)C. The van der Waals surface area contributed by atoms with E-state index in [-0.39, 0.29) is 11.4 Å². The lowest BCUT2D eigenvalue weighted by Crippen LogP contribution is -2.36. The maximum atomic E-state index is 13.1. The number of benzene rings is 1. The number of hydrogen-bond donors (Lipinski definition) is 1. The van der Waals surface area contributed by atoms with Gasteiger partial charge < -0.3 is 10.1 Å². The van der Waals surface area contributed by atoms with Gasteiger partial charge in [-0.2, -0.15) is 0 Å². The average molecular weight is 281 g/mol. The lowest BCUT2D eigenvalue weighted by atomic mass is 10.1. The third-order valence-electron chi connectivity index (χ3n) is 3.13. The summed E-state index contributed by atoms with van der Waals surface area (Å²) in [5.41, 5.74) is 1.19. The summed E-state index contributed by atoms with van der Waals surface area (Å²) in [6, 6.07) is 4.68. The first kappa shape index (κ1) is 17.0. The maximum absolute atomic E-state index is 13.1. The Balaban J connectivity index is 2.06. The van der Waals surface area contributed by atoms with Crippen molar-refractivity contribution in [2.24, 2.45) is 0 Å². The molecule has 3 heteroatoms. The van der Waals surface area contributed by atoms with Crippen molar-refractivity contribution in [2.45, 2.75) is 58.9 Å². The van der Waals surface area contributed by atoms with E-state index in [9.17, 15) is 4.39 Å². The second kappa shape index (κ2) is 8.25. The van der Waals surface area contributed by atoms with Crippen LogP contribution in [0.5, 0.6) is 5.75 Å². The predicted molar refractivity (Wildman–Crippen MR) is 82.9 cm³/mol. The molecule has 0 aliphatic carbocycles. The van der Waals surface area contributed by atoms with Gasteiger partial charge in [-0.25, -0.2) is 4.39 Å². The van der Waals surface area contributed by atoms with Crippen molar-refractivity contribution >= 4 is 0 Å². The van der Waals surface area contributed by atoms with Crippen LogP contribution < -0.4 is 10.1 Å². The van der Waals surface area contributed by atoms with E-state index in [0.29, 0.717) is 12.4 Å². The molecule has 0 unspecified atom stereocenters. The summed E-state index contributed by atoms with van der Waals surface area (Å²) < 4.78 is 18.7. The van der Waals surface area contributed by atoms with Gasteiger partial charge in [-0.1, -0.05) is 18.9 Å². The molecule has 1 N–H and O–H groups in total. The fourth-order valence-corrected chi connectivity index (χ4v) is 1.96.